The summed E-state index contributed by atoms with van der Waals surface area (Å²) in [7, 11) is 0. The molecule has 3 nitrogen and oxygen atoms in total. The number of carboxylic acid groups (broad SMARTS) is 1. The highest BCUT2D eigenvalue weighted by Crippen LogP contribution is 2.35. The van der Waals surface area contributed by atoms with Crippen molar-refractivity contribution >= 4 is 5.97 Å². The van der Waals surface area contributed by atoms with E-state index < -0.39 is 12.0 Å². The Hall–Kier alpha value is -1.35. The number of benzene rings is 1. The summed E-state index contributed by atoms with van der Waals surface area (Å²) in [5.74, 6) is 0.763. The van der Waals surface area contributed by atoms with Gasteiger partial charge in [-0.05, 0) is 55.5 Å². The molecule has 1 saturated carbocycles. The van der Waals surface area contributed by atoms with Crippen LogP contribution in [0, 0.1) is 11.8 Å². The highest BCUT2D eigenvalue weighted by Gasteiger charge is 2.26. The number of hydrogen-bond donors (Lipinski definition) is 2. The minimum Gasteiger partial charge on any atom is -0.480 e. The molecule has 0 aliphatic heterocycles. The van der Waals surface area contributed by atoms with Gasteiger partial charge in [0.15, 0.2) is 0 Å². The van der Waals surface area contributed by atoms with E-state index in [4.69, 9.17) is 0 Å². The normalized spacial score (nSPS) is 24.6. The van der Waals surface area contributed by atoms with Gasteiger partial charge in [0.25, 0.3) is 0 Å². The topological polar surface area (TPSA) is 49.3 Å². The average molecular weight is 303 g/mol. The van der Waals surface area contributed by atoms with Gasteiger partial charge in [-0.1, -0.05) is 50.6 Å². The van der Waals surface area contributed by atoms with Crippen LogP contribution in [-0.4, -0.2) is 23.7 Å². The van der Waals surface area contributed by atoms with Gasteiger partial charge in [0.2, 0.25) is 0 Å². The van der Waals surface area contributed by atoms with Crippen LogP contribution in [0.15, 0.2) is 30.3 Å². The molecule has 2 N–H and O–H groups in total. The molecule has 0 aromatic heterocycles. The number of nitrogens with one attached hydrogen (secondary N) is 1. The molecule has 0 saturated heterocycles. The summed E-state index contributed by atoms with van der Waals surface area (Å²) in [6.07, 6.45) is 5.72. The van der Waals surface area contributed by atoms with Gasteiger partial charge in [0, 0.05) is 0 Å². The second-order valence-corrected chi connectivity index (χ2v) is 6.74. The third-order valence-electron chi connectivity index (χ3n) is 5.22. The summed E-state index contributed by atoms with van der Waals surface area (Å²) in [5.41, 5.74) is 1.46. The summed E-state index contributed by atoms with van der Waals surface area (Å²) >= 11 is 0. The van der Waals surface area contributed by atoms with Gasteiger partial charge in [0.05, 0.1) is 0 Å². The lowest BCUT2D eigenvalue weighted by molar-refractivity contribution is -0.140. The fraction of sp³-hybridized carbons (Fsp3) is 0.632. The zero-order valence-corrected chi connectivity index (χ0v) is 13.8. The van der Waals surface area contributed by atoms with E-state index in [1.165, 1.54) is 31.2 Å². The number of aliphatic carboxylic acids is 1. The van der Waals surface area contributed by atoms with Crippen molar-refractivity contribution in [1.82, 2.24) is 5.32 Å². The third-order valence-corrected chi connectivity index (χ3v) is 5.22. The molecule has 3 heteroatoms. The van der Waals surface area contributed by atoms with E-state index in [2.05, 4.69) is 35.6 Å². The van der Waals surface area contributed by atoms with Crippen molar-refractivity contribution < 1.29 is 9.90 Å². The molecule has 0 spiro atoms. The van der Waals surface area contributed by atoms with E-state index in [1.807, 2.05) is 13.8 Å². The molecule has 122 valence electrons. The summed E-state index contributed by atoms with van der Waals surface area (Å²) < 4.78 is 0. The van der Waals surface area contributed by atoms with E-state index >= 15 is 0 Å². The third kappa shape index (κ3) is 4.57. The van der Waals surface area contributed by atoms with Crippen LogP contribution in [0.1, 0.15) is 57.4 Å². The Morgan fingerprint density at radius 1 is 1.23 bits per heavy atom. The van der Waals surface area contributed by atoms with Crippen molar-refractivity contribution in [3.63, 3.8) is 0 Å². The number of hydrogen-bond acceptors (Lipinski definition) is 2. The predicted octanol–water partition coefficient (Wildman–Crippen LogP) is 4.05. The zero-order valence-electron chi connectivity index (χ0n) is 13.8. The number of rotatable bonds is 7. The van der Waals surface area contributed by atoms with E-state index in [1.54, 1.807) is 0 Å². The maximum Gasteiger partial charge on any atom is 0.320 e. The lowest BCUT2D eigenvalue weighted by Crippen LogP contribution is -2.44. The minimum absolute atomic E-state index is 0.179. The quantitative estimate of drug-likeness (QED) is 0.799. The summed E-state index contributed by atoms with van der Waals surface area (Å²) in [4.78, 5) is 11.3. The van der Waals surface area contributed by atoms with Crippen LogP contribution in [0.5, 0.6) is 0 Å². The number of carbonyl (C=O) groups is 1. The second-order valence-electron chi connectivity index (χ2n) is 6.74. The second kappa shape index (κ2) is 8.33. The monoisotopic (exact) mass is 303 g/mol. The first-order valence-electron chi connectivity index (χ1n) is 8.63. The van der Waals surface area contributed by atoms with Gasteiger partial charge in [-0.25, -0.2) is 0 Å². The highest BCUT2D eigenvalue weighted by molar-refractivity contribution is 5.73. The predicted molar refractivity (Wildman–Crippen MR) is 90.0 cm³/mol. The molecule has 22 heavy (non-hydrogen) atoms. The summed E-state index contributed by atoms with van der Waals surface area (Å²) in [6.45, 7) is 4.90. The van der Waals surface area contributed by atoms with Gasteiger partial charge in [-0.3, -0.25) is 4.79 Å². The fourth-order valence-electron chi connectivity index (χ4n) is 3.49. The first kappa shape index (κ1) is 17.0. The van der Waals surface area contributed by atoms with Crippen LogP contribution in [-0.2, 0) is 4.79 Å². The van der Waals surface area contributed by atoms with Crippen LogP contribution < -0.4 is 5.32 Å². The SMILES string of the molecule is CC[C@H](C)[C@H](NCC1CCC(c2ccccc2)CC1)C(=O)O. The molecule has 1 fully saturated rings. The van der Waals surface area contributed by atoms with Crippen LogP contribution in [0.2, 0.25) is 0 Å². The fourth-order valence-corrected chi connectivity index (χ4v) is 3.49. The molecule has 1 aliphatic rings. The largest absolute Gasteiger partial charge is 0.480 e. The summed E-state index contributed by atoms with van der Waals surface area (Å²) in [5, 5.41) is 12.6. The van der Waals surface area contributed by atoms with E-state index in [9.17, 15) is 9.90 Å². The molecule has 0 radical (unpaired) electrons. The zero-order chi connectivity index (χ0) is 15.9. The first-order valence-corrected chi connectivity index (χ1v) is 8.63. The Labute approximate surface area is 134 Å². The Balaban J connectivity index is 1.79. The molecule has 0 heterocycles. The van der Waals surface area contributed by atoms with Crippen LogP contribution >= 0.6 is 0 Å². The Morgan fingerprint density at radius 3 is 2.41 bits per heavy atom. The molecule has 2 atom stereocenters. The lowest BCUT2D eigenvalue weighted by atomic mass is 9.78. The van der Waals surface area contributed by atoms with Gasteiger partial charge in [-0.15, -0.1) is 0 Å². The number of carboxylic acids is 1. The van der Waals surface area contributed by atoms with Crippen LogP contribution in [0.25, 0.3) is 0 Å². The van der Waals surface area contributed by atoms with Crippen molar-refractivity contribution in [2.75, 3.05) is 6.54 Å². The van der Waals surface area contributed by atoms with Crippen LogP contribution in [0.4, 0.5) is 0 Å². The smallest absolute Gasteiger partial charge is 0.320 e. The van der Waals surface area contributed by atoms with Crippen molar-refractivity contribution in [1.29, 1.82) is 0 Å². The van der Waals surface area contributed by atoms with Gasteiger partial charge < -0.3 is 10.4 Å². The Kier molecular flexibility index (Phi) is 6.44. The molecular formula is C19H29NO2. The molecule has 0 amide bonds. The van der Waals surface area contributed by atoms with Crippen molar-refractivity contribution in [3.8, 4) is 0 Å². The molecule has 1 aliphatic carbocycles. The summed E-state index contributed by atoms with van der Waals surface area (Å²) in [6, 6.07) is 10.4. The standard InChI is InChI=1S/C19H29NO2/c1-3-14(2)18(19(21)22)20-13-15-9-11-17(12-10-15)16-7-5-4-6-8-16/h4-8,14-15,17-18,20H,3,9-13H2,1-2H3,(H,21,22)/t14-,15?,17?,18-/m0/s1. The van der Waals surface area contributed by atoms with Crippen molar-refractivity contribution in [3.05, 3.63) is 35.9 Å². The molecular weight excluding hydrogens is 274 g/mol. The van der Waals surface area contributed by atoms with Crippen molar-refractivity contribution in [2.45, 2.75) is 57.9 Å². The molecule has 2 rings (SSSR count). The Bertz CT molecular complexity index is 452. The van der Waals surface area contributed by atoms with Gasteiger partial charge in [0.1, 0.15) is 6.04 Å². The molecule has 0 bridgehead atoms. The molecule has 0 unspecified atom stereocenters. The minimum atomic E-state index is -0.715. The Morgan fingerprint density at radius 2 is 1.86 bits per heavy atom. The van der Waals surface area contributed by atoms with E-state index in [0.717, 1.165) is 13.0 Å². The lowest BCUT2D eigenvalue weighted by Gasteiger charge is -2.30. The molecule has 1 aromatic carbocycles. The van der Waals surface area contributed by atoms with E-state index in [-0.39, 0.29) is 5.92 Å². The highest BCUT2D eigenvalue weighted by atomic mass is 16.4. The first-order chi connectivity index (χ1) is 10.6. The van der Waals surface area contributed by atoms with Gasteiger partial charge >= 0.3 is 5.97 Å². The molecule has 1 aromatic rings. The van der Waals surface area contributed by atoms with Gasteiger partial charge in [-0.2, -0.15) is 0 Å². The maximum atomic E-state index is 11.3. The maximum absolute atomic E-state index is 11.3. The average Bonchev–Trinajstić information content (AvgIpc) is 2.56. The van der Waals surface area contributed by atoms with Crippen LogP contribution in [0.3, 0.4) is 0 Å². The van der Waals surface area contributed by atoms with E-state index in [0.29, 0.717) is 11.8 Å². The van der Waals surface area contributed by atoms with Crippen molar-refractivity contribution in [2.24, 2.45) is 11.8 Å².